The zero-order valence-electron chi connectivity index (χ0n) is 16.6. The van der Waals surface area contributed by atoms with Crippen LogP contribution in [0.1, 0.15) is 38.2 Å². The Morgan fingerprint density at radius 2 is 1.66 bits per heavy atom. The normalized spacial score (nSPS) is 21.1. The van der Waals surface area contributed by atoms with Gasteiger partial charge in [-0.2, -0.15) is 0 Å². The van der Waals surface area contributed by atoms with Gasteiger partial charge in [0.2, 0.25) is 5.91 Å². The van der Waals surface area contributed by atoms with Crippen LogP contribution in [0.2, 0.25) is 0 Å². The van der Waals surface area contributed by atoms with E-state index in [0.29, 0.717) is 32.5 Å². The molecule has 8 nitrogen and oxygen atoms in total. The highest BCUT2D eigenvalue weighted by atomic mass is 16.5. The first-order valence-corrected chi connectivity index (χ1v) is 10.0. The van der Waals surface area contributed by atoms with Crippen LogP contribution in [0, 0.1) is 0 Å². The third-order valence-corrected chi connectivity index (χ3v) is 5.41. The van der Waals surface area contributed by atoms with Crippen LogP contribution in [0.4, 0.5) is 4.79 Å². The summed E-state index contributed by atoms with van der Waals surface area (Å²) in [5, 5.41) is 2.87. The number of esters is 1. The number of ketones is 1. The standard InChI is InChI=1S/C21H27N3O5/c1-15(25)29-14-19(26)17-9-5-11-23(17)20(27)18-10-6-12-24(18)21(28)22-13-16-7-3-2-4-8-16/h2-4,7-8,17-18H,5-6,9-14H2,1H3,(H,22,28). The van der Waals surface area contributed by atoms with E-state index in [1.54, 1.807) is 9.80 Å². The van der Waals surface area contributed by atoms with E-state index < -0.39 is 18.1 Å². The van der Waals surface area contributed by atoms with Crippen molar-refractivity contribution in [3.63, 3.8) is 0 Å². The average molecular weight is 401 g/mol. The molecule has 0 saturated carbocycles. The van der Waals surface area contributed by atoms with Crippen molar-refractivity contribution in [1.29, 1.82) is 0 Å². The van der Waals surface area contributed by atoms with Crippen LogP contribution in [0.15, 0.2) is 30.3 Å². The Kier molecular flexibility index (Phi) is 6.85. The topological polar surface area (TPSA) is 96.0 Å². The lowest BCUT2D eigenvalue weighted by Gasteiger charge is -2.31. The van der Waals surface area contributed by atoms with Gasteiger partial charge in [0.15, 0.2) is 12.4 Å². The summed E-state index contributed by atoms with van der Waals surface area (Å²) in [6, 6.07) is 8.16. The molecule has 1 aromatic carbocycles. The van der Waals surface area contributed by atoms with Crippen LogP contribution < -0.4 is 5.32 Å². The highest BCUT2D eigenvalue weighted by Gasteiger charge is 2.42. The number of nitrogens with one attached hydrogen (secondary N) is 1. The Labute approximate surface area is 170 Å². The van der Waals surface area contributed by atoms with Crippen molar-refractivity contribution >= 4 is 23.7 Å². The summed E-state index contributed by atoms with van der Waals surface area (Å²) in [4.78, 5) is 52.3. The first-order valence-electron chi connectivity index (χ1n) is 10.0. The maximum atomic E-state index is 13.1. The van der Waals surface area contributed by atoms with E-state index in [1.807, 2.05) is 30.3 Å². The summed E-state index contributed by atoms with van der Waals surface area (Å²) in [5.74, 6) is -0.994. The van der Waals surface area contributed by atoms with Crippen LogP contribution in [0.5, 0.6) is 0 Å². The largest absolute Gasteiger partial charge is 0.458 e. The molecule has 2 aliphatic rings. The van der Waals surface area contributed by atoms with Gasteiger partial charge in [-0.1, -0.05) is 30.3 Å². The molecule has 2 atom stereocenters. The minimum atomic E-state index is -0.586. The first kappa shape index (κ1) is 20.8. The molecular formula is C21H27N3O5. The second kappa shape index (κ2) is 9.54. The zero-order chi connectivity index (χ0) is 20.8. The molecular weight excluding hydrogens is 374 g/mol. The molecule has 2 saturated heterocycles. The fourth-order valence-corrected chi connectivity index (χ4v) is 3.97. The molecule has 2 aliphatic heterocycles. The predicted octanol–water partition coefficient (Wildman–Crippen LogP) is 1.48. The number of carbonyl (C=O) groups is 4. The van der Waals surface area contributed by atoms with Gasteiger partial charge in [-0.3, -0.25) is 14.4 Å². The molecule has 3 rings (SSSR count). The molecule has 29 heavy (non-hydrogen) atoms. The minimum absolute atomic E-state index is 0.198. The van der Waals surface area contributed by atoms with Gasteiger partial charge in [0.1, 0.15) is 6.04 Å². The lowest BCUT2D eigenvalue weighted by Crippen LogP contribution is -2.53. The van der Waals surface area contributed by atoms with Crippen molar-refractivity contribution in [1.82, 2.24) is 15.1 Å². The lowest BCUT2D eigenvalue weighted by atomic mass is 10.1. The van der Waals surface area contributed by atoms with Crippen molar-refractivity contribution in [3.05, 3.63) is 35.9 Å². The predicted molar refractivity (Wildman–Crippen MR) is 105 cm³/mol. The van der Waals surface area contributed by atoms with Gasteiger partial charge in [-0.15, -0.1) is 0 Å². The SMILES string of the molecule is CC(=O)OCC(=O)C1CCCN1C(=O)C1CCCN1C(=O)NCc1ccccc1. The molecule has 1 N–H and O–H groups in total. The maximum Gasteiger partial charge on any atom is 0.318 e. The van der Waals surface area contributed by atoms with Crippen LogP contribution >= 0.6 is 0 Å². The van der Waals surface area contributed by atoms with E-state index in [4.69, 9.17) is 4.74 Å². The van der Waals surface area contributed by atoms with E-state index >= 15 is 0 Å². The Morgan fingerprint density at radius 1 is 1.00 bits per heavy atom. The van der Waals surface area contributed by atoms with Gasteiger partial charge in [0.25, 0.3) is 0 Å². The molecule has 1 aromatic rings. The molecule has 0 aromatic heterocycles. The number of benzene rings is 1. The van der Waals surface area contributed by atoms with Gasteiger partial charge >= 0.3 is 12.0 Å². The number of urea groups is 1. The number of rotatable bonds is 6. The Balaban J connectivity index is 1.60. The summed E-state index contributed by atoms with van der Waals surface area (Å²) in [6.07, 6.45) is 2.60. The molecule has 0 spiro atoms. The average Bonchev–Trinajstić information content (AvgIpc) is 3.40. The number of hydrogen-bond acceptors (Lipinski definition) is 5. The van der Waals surface area contributed by atoms with E-state index in [2.05, 4.69) is 5.32 Å². The van der Waals surface area contributed by atoms with Crippen LogP contribution in [-0.4, -0.2) is 65.3 Å². The van der Waals surface area contributed by atoms with Crippen LogP contribution in [0.3, 0.4) is 0 Å². The Morgan fingerprint density at radius 3 is 2.34 bits per heavy atom. The summed E-state index contributed by atoms with van der Waals surface area (Å²) in [7, 11) is 0. The number of Topliss-reactive ketones (excluding diaryl/α,β-unsaturated/α-hetero) is 1. The molecule has 2 fully saturated rings. The zero-order valence-corrected chi connectivity index (χ0v) is 16.6. The number of carbonyl (C=O) groups excluding carboxylic acids is 4. The third-order valence-electron chi connectivity index (χ3n) is 5.41. The molecule has 0 bridgehead atoms. The van der Waals surface area contributed by atoms with Crippen molar-refractivity contribution in [3.8, 4) is 0 Å². The van der Waals surface area contributed by atoms with Gasteiger partial charge < -0.3 is 19.9 Å². The van der Waals surface area contributed by atoms with Gasteiger partial charge in [0, 0.05) is 26.6 Å². The van der Waals surface area contributed by atoms with Crippen molar-refractivity contribution in [2.75, 3.05) is 19.7 Å². The summed E-state index contributed by atoms with van der Waals surface area (Å²) < 4.78 is 4.80. The Hall–Kier alpha value is -2.90. The minimum Gasteiger partial charge on any atom is -0.458 e. The molecule has 0 aliphatic carbocycles. The van der Waals surface area contributed by atoms with E-state index in [9.17, 15) is 19.2 Å². The fourth-order valence-electron chi connectivity index (χ4n) is 3.97. The highest BCUT2D eigenvalue weighted by molar-refractivity contribution is 5.94. The van der Waals surface area contributed by atoms with Gasteiger partial charge in [0.05, 0.1) is 6.04 Å². The van der Waals surface area contributed by atoms with Crippen molar-refractivity contribution in [2.45, 2.75) is 51.2 Å². The van der Waals surface area contributed by atoms with E-state index in [1.165, 1.54) is 6.92 Å². The summed E-state index contributed by atoms with van der Waals surface area (Å²) in [6.45, 7) is 2.30. The fraction of sp³-hybridized carbons (Fsp3) is 0.524. The number of amides is 3. The molecule has 8 heteroatoms. The third kappa shape index (κ3) is 5.13. The quantitative estimate of drug-likeness (QED) is 0.729. The molecule has 2 heterocycles. The smallest absolute Gasteiger partial charge is 0.318 e. The van der Waals surface area contributed by atoms with Crippen molar-refractivity contribution in [2.24, 2.45) is 0 Å². The lowest BCUT2D eigenvalue weighted by molar-refractivity contribution is -0.148. The second-order valence-corrected chi connectivity index (χ2v) is 7.43. The monoisotopic (exact) mass is 401 g/mol. The molecule has 0 radical (unpaired) electrons. The number of nitrogens with zero attached hydrogens (tertiary/aromatic N) is 2. The summed E-state index contributed by atoms with van der Waals surface area (Å²) >= 11 is 0. The van der Waals surface area contributed by atoms with Crippen molar-refractivity contribution < 1.29 is 23.9 Å². The van der Waals surface area contributed by atoms with E-state index in [-0.39, 0.29) is 24.3 Å². The molecule has 156 valence electrons. The van der Waals surface area contributed by atoms with Gasteiger partial charge in [-0.05, 0) is 31.2 Å². The van der Waals surface area contributed by atoms with E-state index in [0.717, 1.165) is 18.4 Å². The maximum absolute atomic E-state index is 13.1. The van der Waals surface area contributed by atoms with Crippen LogP contribution in [0.25, 0.3) is 0 Å². The van der Waals surface area contributed by atoms with Crippen LogP contribution in [-0.2, 0) is 25.7 Å². The Bertz CT molecular complexity index is 767. The number of likely N-dealkylation sites (tertiary alicyclic amines) is 2. The second-order valence-electron chi connectivity index (χ2n) is 7.43. The highest BCUT2D eigenvalue weighted by Crippen LogP contribution is 2.25. The summed E-state index contributed by atoms with van der Waals surface area (Å²) in [5.41, 5.74) is 0.985. The molecule has 3 amide bonds. The number of hydrogen-bond donors (Lipinski definition) is 1. The first-order chi connectivity index (χ1) is 14.0. The molecule has 2 unspecified atom stereocenters. The number of ether oxygens (including phenoxy) is 1. The van der Waals surface area contributed by atoms with Gasteiger partial charge in [-0.25, -0.2) is 4.79 Å².